The Morgan fingerprint density at radius 3 is 2.30 bits per heavy atom. The van der Waals surface area contributed by atoms with Crippen molar-refractivity contribution in [3.05, 3.63) is 35.9 Å². The van der Waals surface area contributed by atoms with Crippen LogP contribution < -0.4 is 5.73 Å². The second-order valence-corrected chi connectivity index (χ2v) is 5.12. The summed E-state index contributed by atoms with van der Waals surface area (Å²) >= 11 is 0. The van der Waals surface area contributed by atoms with E-state index in [1.807, 2.05) is 6.07 Å². The zero-order chi connectivity index (χ0) is 14.9. The third-order valence-corrected chi connectivity index (χ3v) is 3.71. The van der Waals surface area contributed by atoms with E-state index in [4.69, 9.17) is 15.9 Å². The minimum absolute atomic E-state index is 0.156. The molecule has 20 heavy (non-hydrogen) atoms. The summed E-state index contributed by atoms with van der Waals surface area (Å²) in [7, 11) is 0. The van der Waals surface area contributed by atoms with E-state index >= 15 is 0 Å². The molecular formula is C14H20N2O4. The van der Waals surface area contributed by atoms with E-state index in [0.29, 0.717) is 0 Å². The lowest BCUT2D eigenvalue weighted by molar-refractivity contribution is -0.218. The highest BCUT2D eigenvalue weighted by Gasteiger charge is 2.46. The predicted octanol–water partition coefficient (Wildman–Crippen LogP) is -0.424. The van der Waals surface area contributed by atoms with Crippen molar-refractivity contribution in [2.24, 2.45) is 5.73 Å². The number of hydrogen-bond acceptors (Lipinski definition) is 5. The first-order valence-electron chi connectivity index (χ1n) is 6.52. The molecule has 1 unspecified atom stereocenters. The highest BCUT2D eigenvalue weighted by atomic mass is 16.5. The number of nitrogens with one attached hydrogen (secondary N) is 1. The van der Waals surface area contributed by atoms with Crippen molar-refractivity contribution in [3.63, 3.8) is 0 Å². The first-order valence-corrected chi connectivity index (χ1v) is 6.52. The Kier molecular flexibility index (Phi) is 4.39. The van der Waals surface area contributed by atoms with Crippen molar-refractivity contribution in [1.29, 1.82) is 5.41 Å². The van der Waals surface area contributed by atoms with Crippen LogP contribution in [-0.4, -0.2) is 51.7 Å². The fourth-order valence-electron chi connectivity index (χ4n) is 2.57. The van der Waals surface area contributed by atoms with Crippen LogP contribution in [0.2, 0.25) is 0 Å². The Labute approximate surface area is 117 Å². The highest BCUT2D eigenvalue weighted by Crippen LogP contribution is 2.31. The van der Waals surface area contributed by atoms with Crippen molar-refractivity contribution in [3.8, 4) is 0 Å². The van der Waals surface area contributed by atoms with Crippen molar-refractivity contribution in [2.75, 3.05) is 0 Å². The molecule has 1 heterocycles. The molecule has 1 aromatic rings. The van der Waals surface area contributed by atoms with Crippen molar-refractivity contribution in [2.45, 2.75) is 43.4 Å². The smallest absolute Gasteiger partial charge is 0.111 e. The fraction of sp³-hybridized carbons (Fsp3) is 0.500. The van der Waals surface area contributed by atoms with Crippen molar-refractivity contribution in [1.82, 2.24) is 0 Å². The minimum atomic E-state index is -1.32. The van der Waals surface area contributed by atoms with Gasteiger partial charge < -0.3 is 25.8 Å². The van der Waals surface area contributed by atoms with Crippen LogP contribution in [0.4, 0.5) is 0 Å². The number of ether oxygens (including phenoxy) is 1. The number of nitrogens with two attached hydrogens (primary N) is 1. The van der Waals surface area contributed by atoms with Gasteiger partial charge in [-0.3, -0.25) is 5.41 Å². The Balaban J connectivity index is 2.33. The quantitative estimate of drug-likeness (QED) is 0.380. The largest absolute Gasteiger partial charge is 0.388 e. The average molecular weight is 280 g/mol. The summed E-state index contributed by atoms with van der Waals surface area (Å²) in [6.45, 7) is 1.61. The zero-order valence-corrected chi connectivity index (χ0v) is 11.2. The molecule has 1 aromatic carbocycles. The van der Waals surface area contributed by atoms with E-state index < -0.39 is 36.4 Å². The van der Waals surface area contributed by atoms with Crippen LogP contribution >= 0.6 is 0 Å². The van der Waals surface area contributed by atoms with E-state index in [2.05, 4.69) is 0 Å². The van der Waals surface area contributed by atoms with Crippen LogP contribution in [0.1, 0.15) is 18.4 Å². The number of aliphatic hydroxyl groups excluding tert-OH is 3. The number of rotatable bonds is 3. The summed E-state index contributed by atoms with van der Waals surface area (Å²) in [5.74, 6) is -0.827. The van der Waals surface area contributed by atoms with Gasteiger partial charge in [-0.15, -0.1) is 0 Å². The molecule has 2 rings (SSSR count). The molecule has 110 valence electrons. The molecule has 1 fully saturated rings. The van der Waals surface area contributed by atoms with Gasteiger partial charge in [0.1, 0.15) is 30.3 Å². The summed E-state index contributed by atoms with van der Waals surface area (Å²) in [4.78, 5) is 0. The number of benzene rings is 1. The summed E-state index contributed by atoms with van der Waals surface area (Å²) in [5.41, 5.74) is 6.36. The molecule has 6 atom stereocenters. The van der Waals surface area contributed by atoms with Gasteiger partial charge in [0.2, 0.25) is 0 Å². The zero-order valence-electron chi connectivity index (χ0n) is 11.2. The van der Waals surface area contributed by atoms with Crippen LogP contribution in [-0.2, 0) is 4.74 Å². The summed E-state index contributed by atoms with van der Waals surface area (Å²) in [6, 6.07) is 9.00. The van der Waals surface area contributed by atoms with Gasteiger partial charge in [0, 0.05) is 0 Å². The maximum atomic E-state index is 10.1. The maximum absolute atomic E-state index is 10.1. The van der Waals surface area contributed by atoms with Gasteiger partial charge in [0.25, 0.3) is 0 Å². The van der Waals surface area contributed by atoms with E-state index in [1.165, 1.54) is 0 Å². The summed E-state index contributed by atoms with van der Waals surface area (Å²) < 4.78 is 5.58. The fourth-order valence-corrected chi connectivity index (χ4v) is 2.57. The molecule has 0 bridgehead atoms. The molecule has 1 aliphatic heterocycles. The van der Waals surface area contributed by atoms with Crippen LogP contribution in [0, 0.1) is 5.41 Å². The molecule has 6 heteroatoms. The Hall–Kier alpha value is -1.47. The lowest BCUT2D eigenvalue weighted by Gasteiger charge is -2.42. The highest BCUT2D eigenvalue weighted by molar-refractivity contribution is 5.85. The monoisotopic (exact) mass is 280 g/mol. The molecule has 1 saturated heterocycles. The molecule has 0 aromatic heterocycles. The molecular weight excluding hydrogens is 260 g/mol. The van der Waals surface area contributed by atoms with Crippen LogP contribution in [0.3, 0.4) is 0 Å². The molecule has 6 N–H and O–H groups in total. The summed E-state index contributed by atoms with van der Waals surface area (Å²) in [5, 5.41) is 37.4. The topological polar surface area (TPSA) is 120 Å². The Bertz CT molecular complexity index is 468. The van der Waals surface area contributed by atoms with Gasteiger partial charge >= 0.3 is 0 Å². The van der Waals surface area contributed by atoms with Crippen LogP contribution in [0.15, 0.2) is 30.3 Å². The molecule has 6 nitrogen and oxygen atoms in total. The second-order valence-electron chi connectivity index (χ2n) is 5.12. The third-order valence-electron chi connectivity index (χ3n) is 3.71. The van der Waals surface area contributed by atoms with Gasteiger partial charge in [0.05, 0.1) is 12.0 Å². The normalized spacial score (nSPS) is 35.5. The van der Waals surface area contributed by atoms with E-state index in [-0.39, 0.29) is 5.84 Å². The molecule has 1 aliphatic rings. The van der Waals surface area contributed by atoms with Gasteiger partial charge in [-0.25, -0.2) is 0 Å². The van der Waals surface area contributed by atoms with E-state index in [9.17, 15) is 15.3 Å². The van der Waals surface area contributed by atoms with E-state index in [0.717, 1.165) is 5.56 Å². The molecule has 0 radical (unpaired) electrons. The van der Waals surface area contributed by atoms with Crippen LogP contribution in [0.25, 0.3) is 0 Å². The number of aliphatic hydroxyl groups is 3. The van der Waals surface area contributed by atoms with E-state index in [1.54, 1.807) is 31.2 Å². The lowest BCUT2D eigenvalue weighted by atomic mass is 9.83. The first kappa shape index (κ1) is 14.9. The maximum Gasteiger partial charge on any atom is 0.111 e. The first-order chi connectivity index (χ1) is 9.43. The molecule has 0 aliphatic carbocycles. The average Bonchev–Trinajstić information content (AvgIpc) is 2.43. The van der Waals surface area contributed by atoms with Gasteiger partial charge in [-0.05, 0) is 12.5 Å². The molecule has 0 spiro atoms. The minimum Gasteiger partial charge on any atom is -0.388 e. The number of hydrogen-bond donors (Lipinski definition) is 5. The van der Waals surface area contributed by atoms with Crippen molar-refractivity contribution < 1.29 is 20.1 Å². The molecule has 0 amide bonds. The van der Waals surface area contributed by atoms with Gasteiger partial charge in [-0.1, -0.05) is 30.3 Å². The lowest BCUT2D eigenvalue weighted by Crippen LogP contribution is -2.59. The Morgan fingerprint density at radius 2 is 1.75 bits per heavy atom. The number of amidine groups is 1. The van der Waals surface area contributed by atoms with Gasteiger partial charge in [0.15, 0.2) is 0 Å². The van der Waals surface area contributed by atoms with Crippen molar-refractivity contribution >= 4 is 5.84 Å². The third kappa shape index (κ3) is 2.69. The molecule has 0 saturated carbocycles. The second kappa shape index (κ2) is 5.88. The summed E-state index contributed by atoms with van der Waals surface area (Å²) in [6.07, 6.45) is -5.32. The van der Waals surface area contributed by atoms with Gasteiger partial charge in [-0.2, -0.15) is 0 Å². The SMILES string of the molecule is C[C@@H]1O[C@H](C(C(=N)N)c2ccccc2)[C@@H](O)[C@H](O)[C@@H]1O. The Morgan fingerprint density at radius 1 is 1.15 bits per heavy atom. The van der Waals surface area contributed by atoms with Crippen LogP contribution in [0.5, 0.6) is 0 Å². The standard InChI is InChI=1S/C14H20N2O4/c1-7-10(17)11(18)12(19)13(20-7)9(14(15)16)8-5-3-2-4-6-8/h2-7,9-13,17-19H,1H3,(H3,15,16)/t7-,9?,10+,11+,12-,13+/m0/s1. The predicted molar refractivity (Wildman–Crippen MR) is 73.5 cm³/mol.